The number of anilines is 1. The number of hydrogen-bond acceptors (Lipinski definition) is 4. The van der Waals surface area contributed by atoms with Gasteiger partial charge in [-0.3, -0.25) is 9.35 Å². The van der Waals surface area contributed by atoms with E-state index in [9.17, 15) is 13.2 Å². The molecule has 5 nitrogen and oxygen atoms in total. The molecule has 1 aliphatic carbocycles. The predicted octanol–water partition coefficient (Wildman–Crippen LogP) is 0.779. The fraction of sp³-hybridized carbons (Fsp3) is 0.100. The zero-order valence-electron chi connectivity index (χ0n) is 8.17. The van der Waals surface area contributed by atoms with Gasteiger partial charge >= 0.3 is 0 Å². The van der Waals surface area contributed by atoms with Gasteiger partial charge in [-0.2, -0.15) is 8.42 Å². The molecule has 0 unspecified atom stereocenters. The Morgan fingerprint density at radius 1 is 1.31 bits per heavy atom. The fourth-order valence-corrected chi connectivity index (χ4v) is 2.23. The minimum absolute atomic E-state index is 0.0490. The number of ketones is 1. The summed E-state index contributed by atoms with van der Waals surface area (Å²) < 4.78 is 30.8. The van der Waals surface area contributed by atoms with Crippen molar-refractivity contribution in [1.29, 1.82) is 0 Å². The highest BCUT2D eigenvalue weighted by atomic mass is 32.2. The maximum Gasteiger partial charge on any atom is 0.291 e. The molecule has 0 amide bonds. The van der Waals surface area contributed by atoms with E-state index in [1.54, 1.807) is 18.2 Å². The highest BCUT2D eigenvalue weighted by molar-refractivity contribution is 7.89. The van der Waals surface area contributed by atoms with E-state index in [2.05, 4.69) is 0 Å². The van der Waals surface area contributed by atoms with Crippen molar-refractivity contribution in [3.8, 4) is 0 Å². The van der Waals surface area contributed by atoms with Crippen molar-refractivity contribution in [3.05, 3.63) is 40.3 Å². The van der Waals surface area contributed by atoms with Gasteiger partial charge in [-0.25, -0.2) is 0 Å². The summed E-state index contributed by atoms with van der Waals surface area (Å²) in [4.78, 5) is 11.3. The van der Waals surface area contributed by atoms with E-state index in [1.165, 1.54) is 0 Å². The molecular weight excluding hydrogens is 230 g/mol. The summed E-state index contributed by atoms with van der Waals surface area (Å²) in [5, 5.41) is 0. The first-order valence-electron chi connectivity index (χ1n) is 4.49. The Hall–Kier alpha value is -1.66. The lowest BCUT2D eigenvalue weighted by Gasteiger charge is -2.15. The van der Waals surface area contributed by atoms with E-state index >= 15 is 0 Å². The molecule has 0 fully saturated rings. The summed E-state index contributed by atoms with van der Waals surface area (Å²) in [5.41, 5.74) is 6.83. The third-order valence-electron chi connectivity index (χ3n) is 2.45. The average molecular weight is 239 g/mol. The molecular formula is C10H9NO4S. The van der Waals surface area contributed by atoms with Gasteiger partial charge < -0.3 is 5.73 Å². The zero-order valence-corrected chi connectivity index (χ0v) is 8.99. The predicted molar refractivity (Wildman–Crippen MR) is 58.5 cm³/mol. The highest BCUT2D eigenvalue weighted by Crippen LogP contribution is 2.27. The molecule has 0 radical (unpaired) electrons. The van der Waals surface area contributed by atoms with Gasteiger partial charge in [-0.15, -0.1) is 0 Å². The van der Waals surface area contributed by atoms with Crippen LogP contribution in [-0.4, -0.2) is 18.8 Å². The molecule has 0 aromatic heterocycles. The van der Waals surface area contributed by atoms with Gasteiger partial charge in [0, 0.05) is 23.7 Å². The first kappa shape index (κ1) is 10.8. The second-order valence-electron chi connectivity index (χ2n) is 3.50. The molecule has 0 aliphatic heterocycles. The summed E-state index contributed by atoms with van der Waals surface area (Å²) in [6.07, 6.45) is 0.879. The van der Waals surface area contributed by atoms with Crippen LogP contribution in [0.4, 0.5) is 5.69 Å². The standard InChI is InChI=1S/C10H9NO4S/c11-9-3-1-2-7-8(9)4-6(5-10(7)12)16(13,14)15/h1-3,5H,4,11H2,(H,13,14,15). The number of nitrogen functional groups attached to an aromatic ring is 1. The van der Waals surface area contributed by atoms with E-state index in [0.717, 1.165) is 6.08 Å². The first-order valence-corrected chi connectivity index (χ1v) is 5.93. The van der Waals surface area contributed by atoms with E-state index in [4.69, 9.17) is 10.3 Å². The molecule has 2 rings (SSSR count). The number of benzene rings is 1. The lowest BCUT2D eigenvalue weighted by atomic mass is 9.94. The summed E-state index contributed by atoms with van der Waals surface area (Å²) in [6, 6.07) is 4.78. The van der Waals surface area contributed by atoms with E-state index < -0.39 is 15.9 Å². The van der Waals surface area contributed by atoms with Crippen LogP contribution in [-0.2, 0) is 16.5 Å². The van der Waals surface area contributed by atoms with Crippen molar-refractivity contribution < 1.29 is 17.8 Å². The topological polar surface area (TPSA) is 97.5 Å². The Kier molecular flexibility index (Phi) is 2.32. The Labute approximate surface area is 92.3 Å². The summed E-state index contributed by atoms with van der Waals surface area (Å²) >= 11 is 0. The quantitative estimate of drug-likeness (QED) is 0.557. The van der Waals surface area contributed by atoms with E-state index in [1.807, 2.05) is 0 Å². The first-order chi connectivity index (χ1) is 7.39. The molecule has 0 atom stereocenters. The average Bonchev–Trinajstić information content (AvgIpc) is 2.18. The van der Waals surface area contributed by atoms with Gasteiger partial charge in [0.25, 0.3) is 10.1 Å². The van der Waals surface area contributed by atoms with Crippen LogP contribution in [0.25, 0.3) is 0 Å². The molecule has 1 aromatic carbocycles. The van der Waals surface area contributed by atoms with Crippen molar-refractivity contribution in [1.82, 2.24) is 0 Å². The Bertz CT molecular complexity index is 601. The number of nitrogens with two attached hydrogens (primary N) is 1. The van der Waals surface area contributed by atoms with Crippen molar-refractivity contribution in [2.75, 3.05) is 5.73 Å². The van der Waals surface area contributed by atoms with Crippen LogP contribution in [0.1, 0.15) is 15.9 Å². The molecule has 0 saturated heterocycles. The molecule has 0 heterocycles. The van der Waals surface area contributed by atoms with Gasteiger partial charge in [0.05, 0.1) is 4.91 Å². The number of hydrogen-bond donors (Lipinski definition) is 2. The Morgan fingerprint density at radius 3 is 2.62 bits per heavy atom. The molecule has 1 aromatic rings. The normalized spacial score (nSPS) is 15.6. The summed E-state index contributed by atoms with van der Waals surface area (Å²) in [7, 11) is -4.33. The van der Waals surface area contributed by atoms with Crippen LogP contribution in [0.2, 0.25) is 0 Å². The van der Waals surface area contributed by atoms with Gasteiger partial charge in [0.15, 0.2) is 5.78 Å². The fourth-order valence-electron chi connectivity index (χ4n) is 1.65. The smallest absolute Gasteiger partial charge is 0.291 e. The zero-order chi connectivity index (χ0) is 11.9. The van der Waals surface area contributed by atoms with Gasteiger partial charge in [-0.05, 0) is 11.6 Å². The van der Waals surface area contributed by atoms with Gasteiger partial charge in [0.1, 0.15) is 0 Å². The van der Waals surface area contributed by atoms with Crippen LogP contribution in [0, 0.1) is 0 Å². The van der Waals surface area contributed by atoms with Crippen molar-refractivity contribution in [3.63, 3.8) is 0 Å². The Balaban J connectivity index is 2.60. The minimum Gasteiger partial charge on any atom is -0.398 e. The number of allylic oxidation sites excluding steroid dienone is 2. The minimum atomic E-state index is -4.33. The molecule has 16 heavy (non-hydrogen) atoms. The van der Waals surface area contributed by atoms with Crippen LogP contribution >= 0.6 is 0 Å². The second-order valence-corrected chi connectivity index (χ2v) is 4.97. The maximum atomic E-state index is 11.6. The van der Waals surface area contributed by atoms with Gasteiger partial charge in [-0.1, -0.05) is 12.1 Å². The number of carbonyl (C=O) groups excluding carboxylic acids is 1. The molecule has 0 bridgehead atoms. The third-order valence-corrected chi connectivity index (χ3v) is 3.38. The highest BCUT2D eigenvalue weighted by Gasteiger charge is 2.25. The molecule has 0 spiro atoms. The van der Waals surface area contributed by atoms with E-state index in [-0.39, 0.29) is 11.3 Å². The van der Waals surface area contributed by atoms with Crippen LogP contribution < -0.4 is 5.73 Å². The van der Waals surface area contributed by atoms with Crippen LogP contribution in [0.5, 0.6) is 0 Å². The lowest BCUT2D eigenvalue weighted by molar-refractivity contribution is 0.104. The van der Waals surface area contributed by atoms with Crippen molar-refractivity contribution >= 4 is 21.6 Å². The monoisotopic (exact) mass is 239 g/mol. The van der Waals surface area contributed by atoms with E-state index in [0.29, 0.717) is 16.8 Å². The summed E-state index contributed by atoms with van der Waals surface area (Å²) in [5.74, 6) is -0.457. The molecule has 1 aliphatic rings. The maximum absolute atomic E-state index is 11.6. The molecule has 6 heteroatoms. The molecule has 0 saturated carbocycles. The number of fused-ring (bicyclic) bond motifs is 1. The molecule has 3 N–H and O–H groups in total. The van der Waals surface area contributed by atoms with Gasteiger partial charge in [0.2, 0.25) is 0 Å². The Morgan fingerprint density at radius 2 is 2.00 bits per heavy atom. The number of rotatable bonds is 1. The largest absolute Gasteiger partial charge is 0.398 e. The van der Waals surface area contributed by atoms with Crippen molar-refractivity contribution in [2.24, 2.45) is 0 Å². The summed E-state index contributed by atoms with van der Waals surface area (Å²) in [6.45, 7) is 0. The molecule has 84 valence electrons. The third kappa shape index (κ3) is 1.72. The SMILES string of the molecule is Nc1cccc2c1CC(S(=O)(=O)O)=CC2=O. The van der Waals surface area contributed by atoms with Crippen molar-refractivity contribution in [2.45, 2.75) is 6.42 Å². The number of carbonyl (C=O) groups is 1. The second kappa shape index (κ2) is 3.43. The lowest BCUT2D eigenvalue weighted by Crippen LogP contribution is -2.16. The van der Waals surface area contributed by atoms with Crippen LogP contribution in [0.15, 0.2) is 29.2 Å². The van der Waals surface area contributed by atoms with Crippen LogP contribution in [0.3, 0.4) is 0 Å².